The topological polar surface area (TPSA) is 46.9 Å². The summed E-state index contributed by atoms with van der Waals surface area (Å²) >= 11 is 0. The van der Waals surface area contributed by atoms with Crippen LogP contribution >= 0.6 is 0 Å². The van der Waals surface area contributed by atoms with Gasteiger partial charge in [0.2, 0.25) is 5.91 Å². The molecule has 3 aromatic rings. The van der Waals surface area contributed by atoms with Gasteiger partial charge in [-0.3, -0.25) is 9.48 Å². The normalized spacial score (nSPS) is 10.8. The molecule has 0 saturated heterocycles. The number of carbonyl (C=O) groups excluding carboxylic acids is 1. The monoisotopic (exact) mass is 311 g/mol. The van der Waals surface area contributed by atoms with Gasteiger partial charge in [-0.05, 0) is 30.2 Å². The quantitative estimate of drug-likeness (QED) is 0.761. The number of nitrogens with zero attached hydrogens (tertiary/aromatic N) is 2. The van der Waals surface area contributed by atoms with Crippen molar-refractivity contribution in [1.82, 2.24) is 15.1 Å². The molecular weight excluding hydrogens is 293 g/mol. The van der Waals surface area contributed by atoms with Gasteiger partial charge in [-0.15, -0.1) is 0 Å². The average Bonchev–Trinajstić information content (AvgIpc) is 2.98. The van der Waals surface area contributed by atoms with Gasteiger partial charge in [-0.2, -0.15) is 5.10 Å². The highest BCUT2D eigenvalue weighted by molar-refractivity contribution is 5.79. The Morgan fingerprint density at radius 3 is 2.74 bits per heavy atom. The van der Waals surface area contributed by atoms with Gasteiger partial charge in [0.05, 0.1) is 18.3 Å². The van der Waals surface area contributed by atoms with Gasteiger partial charge in [0.1, 0.15) is 5.82 Å². The number of rotatable bonds is 6. The van der Waals surface area contributed by atoms with Gasteiger partial charge >= 0.3 is 0 Å². The molecule has 1 aromatic heterocycles. The minimum Gasteiger partial charge on any atom is -0.356 e. The summed E-state index contributed by atoms with van der Waals surface area (Å²) in [4.78, 5) is 11.9. The summed E-state index contributed by atoms with van der Waals surface area (Å²) in [5.74, 6) is -0.254. The van der Waals surface area contributed by atoms with Crippen molar-refractivity contribution in [2.24, 2.45) is 0 Å². The van der Waals surface area contributed by atoms with E-state index in [4.69, 9.17) is 0 Å². The highest BCUT2D eigenvalue weighted by Gasteiger charge is 2.05. The second kappa shape index (κ2) is 7.05. The summed E-state index contributed by atoms with van der Waals surface area (Å²) < 4.78 is 14.6. The van der Waals surface area contributed by atoms with Crippen molar-refractivity contribution in [3.05, 3.63) is 66.1 Å². The van der Waals surface area contributed by atoms with Crippen LogP contribution in [0.2, 0.25) is 0 Å². The Morgan fingerprint density at radius 2 is 1.91 bits per heavy atom. The molecule has 1 N–H and O–H groups in total. The van der Waals surface area contributed by atoms with Crippen molar-refractivity contribution in [3.63, 3.8) is 0 Å². The van der Waals surface area contributed by atoms with Gasteiger partial charge in [0.25, 0.3) is 0 Å². The zero-order valence-electron chi connectivity index (χ0n) is 12.7. The number of para-hydroxylation sites is 1. The summed E-state index contributed by atoms with van der Waals surface area (Å²) in [6.07, 6.45) is 2.88. The molecule has 0 radical (unpaired) electrons. The second-order valence-electron chi connectivity index (χ2n) is 5.40. The molecule has 0 fully saturated rings. The Kier molecular flexibility index (Phi) is 4.66. The highest BCUT2D eigenvalue weighted by atomic mass is 19.1. The lowest BCUT2D eigenvalue weighted by atomic mass is 10.1. The fourth-order valence-corrected chi connectivity index (χ4v) is 2.50. The third kappa shape index (κ3) is 3.94. The molecule has 1 heterocycles. The van der Waals surface area contributed by atoms with Crippen LogP contribution in [0.15, 0.2) is 54.7 Å². The Hall–Kier alpha value is -2.69. The minimum atomic E-state index is -0.246. The number of fused-ring (bicyclic) bond motifs is 1. The maximum Gasteiger partial charge on any atom is 0.221 e. The number of halogens is 1. The molecular formula is C18H18FN3O. The smallest absolute Gasteiger partial charge is 0.221 e. The zero-order valence-corrected chi connectivity index (χ0v) is 12.7. The van der Waals surface area contributed by atoms with E-state index in [1.165, 1.54) is 12.1 Å². The molecule has 0 aliphatic carbocycles. The molecule has 5 heteroatoms. The molecule has 23 heavy (non-hydrogen) atoms. The maximum atomic E-state index is 12.8. The van der Waals surface area contributed by atoms with Crippen LogP contribution in [0.3, 0.4) is 0 Å². The van der Waals surface area contributed by atoms with Crippen molar-refractivity contribution in [2.75, 3.05) is 6.54 Å². The van der Waals surface area contributed by atoms with Crippen LogP contribution in [0.1, 0.15) is 12.0 Å². The Morgan fingerprint density at radius 1 is 1.13 bits per heavy atom. The van der Waals surface area contributed by atoms with E-state index in [0.29, 0.717) is 25.9 Å². The molecule has 3 rings (SSSR count). The van der Waals surface area contributed by atoms with Gasteiger partial charge in [-0.1, -0.05) is 30.3 Å². The van der Waals surface area contributed by atoms with Gasteiger partial charge in [0.15, 0.2) is 0 Å². The predicted octanol–water partition coefficient (Wildman–Crippen LogP) is 2.92. The largest absolute Gasteiger partial charge is 0.356 e. The van der Waals surface area contributed by atoms with Crippen LogP contribution in [-0.4, -0.2) is 22.2 Å². The molecule has 0 bridgehead atoms. The molecule has 0 atom stereocenters. The summed E-state index contributed by atoms with van der Waals surface area (Å²) in [6, 6.07) is 14.3. The number of amides is 1. The number of nitrogens with one attached hydrogen (secondary N) is 1. The van der Waals surface area contributed by atoms with E-state index in [1.54, 1.807) is 12.1 Å². The third-order valence-electron chi connectivity index (χ3n) is 3.75. The van der Waals surface area contributed by atoms with Crippen LogP contribution in [0, 0.1) is 5.82 Å². The Bertz CT molecular complexity index is 795. The SMILES string of the molecule is O=C(CCn1ncc2ccccc21)NCCc1ccc(F)cc1. The number of hydrogen-bond acceptors (Lipinski definition) is 2. The molecule has 1 amide bonds. The summed E-state index contributed by atoms with van der Waals surface area (Å²) in [6.45, 7) is 1.10. The van der Waals surface area contributed by atoms with Crippen LogP contribution in [0.4, 0.5) is 4.39 Å². The molecule has 0 saturated carbocycles. The number of hydrogen-bond donors (Lipinski definition) is 1. The molecule has 0 aliphatic heterocycles. The molecule has 2 aromatic carbocycles. The van der Waals surface area contributed by atoms with Crippen LogP contribution in [0.5, 0.6) is 0 Å². The van der Waals surface area contributed by atoms with Gasteiger partial charge in [-0.25, -0.2) is 4.39 Å². The van der Waals surface area contributed by atoms with Crippen molar-refractivity contribution in [3.8, 4) is 0 Å². The molecule has 0 spiro atoms. The van der Waals surface area contributed by atoms with Crippen molar-refractivity contribution < 1.29 is 9.18 Å². The first kappa shape index (κ1) is 15.2. The standard InChI is InChI=1S/C18H18FN3O/c19-16-7-5-14(6-8-16)9-11-20-18(23)10-12-22-17-4-2-1-3-15(17)13-21-22/h1-8,13H,9-12H2,(H,20,23). The number of aromatic nitrogens is 2. The minimum absolute atomic E-state index is 0.00769. The lowest BCUT2D eigenvalue weighted by Gasteiger charge is -2.06. The van der Waals surface area contributed by atoms with Crippen LogP contribution in [-0.2, 0) is 17.8 Å². The fraction of sp³-hybridized carbons (Fsp3) is 0.222. The number of benzene rings is 2. The highest BCUT2D eigenvalue weighted by Crippen LogP contribution is 2.12. The molecule has 118 valence electrons. The van der Waals surface area contributed by atoms with Crippen molar-refractivity contribution in [2.45, 2.75) is 19.4 Å². The third-order valence-corrected chi connectivity index (χ3v) is 3.75. The molecule has 4 nitrogen and oxygen atoms in total. The van der Waals surface area contributed by atoms with E-state index < -0.39 is 0 Å². The van der Waals surface area contributed by atoms with Gasteiger partial charge < -0.3 is 5.32 Å². The van der Waals surface area contributed by atoms with E-state index in [9.17, 15) is 9.18 Å². The lowest BCUT2D eigenvalue weighted by Crippen LogP contribution is -2.26. The van der Waals surface area contributed by atoms with Crippen LogP contribution in [0.25, 0.3) is 10.9 Å². The first-order valence-electron chi connectivity index (χ1n) is 7.64. The first-order chi connectivity index (χ1) is 11.2. The number of carbonyl (C=O) groups is 1. The first-order valence-corrected chi connectivity index (χ1v) is 7.64. The maximum absolute atomic E-state index is 12.8. The summed E-state index contributed by atoms with van der Waals surface area (Å²) in [5, 5.41) is 8.26. The van der Waals surface area contributed by atoms with Gasteiger partial charge in [0, 0.05) is 18.4 Å². The van der Waals surface area contributed by atoms with E-state index in [2.05, 4.69) is 10.4 Å². The Balaban J connectivity index is 1.45. The second-order valence-corrected chi connectivity index (χ2v) is 5.40. The van der Waals surface area contributed by atoms with E-state index in [0.717, 1.165) is 16.5 Å². The van der Waals surface area contributed by atoms with E-state index >= 15 is 0 Å². The van der Waals surface area contributed by atoms with E-state index in [-0.39, 0.29) is 11.7 Å². The Labute approximate surface area is 133 Å². The zero-order chi connectivity index (χ0) is 16.1. The lowest BCUT2D eigenvalue weighted by molar-refractivity contribution is -0.121. The fourth-order valence-electron chi connectivity index (χ4n) is 2.50. The molecule has 0 aliphatic rings. The molecule has 0 unspecified atom stereocenters. The van der Waals surface area contributed by atoms with Crippen molar-refractivity contribution >= 4 is 16.8 Å². The summed E-state index contributed by atoms with van der Waals surface area (Å²) in [5.41, 5.74) is 2.04. The van der Waals surface area contributed by atoms with Crippen molar-refractivity contribution in [1.29, 1.82) is 0 Å². The average molecular weight is 311 g/mol. The van der Waals surface area contributed by atoms with E-state index in [1.807, 2.05) is 35.1 Å². The number of aryl methyl sites for hydroxylation is 1. The predicted molar refractivity (Wildman–Crippen MR) is 87.5 cm³/mol. The summed E-state index contributed by atoms with van der Waals surface area (Å²) in [7, 11) is 0. The van der Waals surface area contributed by atoms with Crippen LogP contribution < -0.4 is 5.32 Å².